The molecule has 1 amide bonds. The van der Waals surface area contributed by atoms with E-state index in [9.17, 15) is 4.79 Å². The minimum absolute atomic E-state index is 0.338. The van der Waals surface area contributed by atoms with Crippen molar-refractivity contribution < 1.29 is 4.79 Å². The number of carbonyl (C=O) groups excluding carboxylic acids is 1. The van der Waals surface area contributed by atoms with Gasteiger partial charge in [-0.2, -0.15) is 0 Å². The van der Waals surface area contributed by atoms with Gasteiger partial charge in [0.1, 0.15) is 0 Å². The Labute approximate surface area is 123 Å². The van der Waals surface area contributed by atoms with Crippen molar-refractivity contribution in [2.24, 2.45) is 0 Å². The van der Waals surface area contributed by atoms with Crippen LogP contribution in [0, 0.1) is 0 Å². The van der Waals surface area contributed by atoms with E-state index in [4.69, 9.17) is 0 Å². The van der Waals surface area contributed by atoms with E-state index in [1.807, 2.05) is 0 Å². The lowest BCUT2D eigenvalue weighted by Crippen LogP contribution is -2.52. The van der Waals surface area contributed by atoms with E-state index >= 15 is 0 Å². The van der Waals surface area contributed by atoms with Crippen molar-refractivity contribution >= 4 is 5.91 Å². The van der Waals surface area contributed by atoms with Gasteiger partial charge >= 0.3 is 0 Å². The Morgan fingerprint density at radius 2 is 1.95 bits per heavy atom. The van der Waals surface area contributed by atoms with Crippen LogP contribution in [0.15, 0.2) is 0 Å². The Hall–Kier alpha value is -0.610. The van der Waals surface area contributed by atoms with Gasteiger partial charge in [-0.25, -0.2) is 0 Å². The monoisotopic (exact) mass is 281 g/mol. The maximum Gasteiger partial charge on any atom is 0.237 e. The molecule has 2 saturated heterocycles. The van der Waals surface area contributed by atoms with Crippen LogP contribution in [0.1, 0.15) is 52.9 Å². The maximum atomic E-state index is 12.7. The van der Waals surface area contributed by atoms with Crippen LogP contribution < -0.4 is 5.32 Å². The third-order valence-corrected chi connectivity index (χ3v) is 4.88. The SMILES string of the molecule is CCCN(CC(=O)N1C(C)CCCC1C)C1CCNC1. The molecule has 0 aromatic heterocycles. The van der Waals surface area contributed by atoms with Gasteiger partial charge in [-0.3, -0.25) is 9.69 Å². The minimum Gasteiger partial charge on any atom is -0.336 e. The number of rotatable bonds is 5. The first-order chi connectivity index (χ1) is 9.63. The van der Waals surface area contributed by atoms with Gasteiger partial charge in [-0.15, -0.1) is 0 Å². The van der Waals surface area contributed by atoms with Crippen molar-refractivity contribution in [1.29, 1.82) is 0 Å². The fourth-order valence-corrected chi connectivity index (χ4v) is 3.80. The predicted octanol–water partition coefficient (Wildman–Crippen LogP) is 1.85. The van der Waals surface area contributed by atoms with Gasteiger partial charge in [-0.1, -0.05) is 6.92 Å². The van der Waals surface area contributed by atoms with Gasteiger partial charge < -0.3 is 10.2 Å². The summed E-state index contributed by atoms with van der Waals surface area (Å²) in [7, 11) is 0. The number of nitrogens with zero attached hydrogens (tertiary/aromatic N) is 2. The fourth-order valence-electron chi connectivity index (χ4n) is 3.80. The summed E-state index contributed by atoms with van der Waals surface area (Å²) in [5, 5.41) is 3.41. The Kier molecular flexibility index (Phi) is 5.85. The number of carbonyl (C=O) groups is 1. The van der Waals surface area contributed by atoms with E-state index in [0.29, 0.717) is 30.6 Å². The molecule has 4 heteroatoms. The summed E-state index contributed by atoms with van der Waals surface area (Å²) < 4.78 is 0. The van der Waals surface area contributed by atoms with E-state index in [1.165, 1.54) is 12.8 Å². The second-order valence-electron chi connectivity index (χ2n) is 6.55. The molecule has 3 atom stereocenters. The van der Waals surface area contributed by atoms with Gasteiger partial charge in [0.15, 0.2) is 0 Å². The summed E-state index contributed by atoms with van der Waals surface area (Å²) in [5.74, 6) is 0.338. The van der Waals surface area contributed by atoms with Crippen molar-refractivity contribution in [3.63, 3.8) is 0 Å². The Morgan fingerprint density at radius 1 is 1.25 bits per heavy atom. The molecule has 0 bridgehead atoms. The third kappa shape index (κ3) is 3.73. The maximum absolute atomic E-state index is 12.7. The lowest BCUT2D eigenvalue weighted by atomic mass is 9.97. The average molecular weight is 281 g/mol. The molecule has 2 aliphatic rings. The highest BCUT2D eigenvalue weighted by molar-refractivity contribution is 5.79. The van der Waals surface area contributed by atoms with Crippen LogP contribution in [0.25, 0.3) is 0 Å². The quantitative estimate of drug-likeness (QED) is 0.835. The molecule has 2 aliphatic heterocycles. The molecule has 4 nitrogen and oxygen atoms in total. The van der Waals surface area contributed by atoms with Crippen molar-refractivity contribution in [1.82, 2.24) is 15.1 Å². The van der Waals surface area contributed by atoms with E-state index in [1.54, 1.807) is 0 Å². The summed E-state index contributed by atoms with van der Waals surface area (Å²) in [6, 6.07) is 1.38. The first-order valence-electron chi connectivity index (χ1n) is 8.39. The minimum atomic E-state index is 0.338. The van der Waals surface area contributed by atoms with Gasteiger partial charge in [0.05, 0.1) is 6.54 Å². The molecular formula is C16H31N3O. The second-order valence-corrected chi connectivity index (χ2v) is 6.55. The van der Waals surface area contributed by atoms with E-state index in [2.05, 4.69) is 35.9 Å². The number of likely N-dealkylation sites (tertiary alicyclic amines) is 1. The molecule has 116 valence electrons. The summed E-state index contributed by atoms with van der Waals surface area (Å²) >= 11 is 0. The van der Waals surface area contributed by atoms with Crippen LogP contribution in [-0.2, 0) is 4.79 Å². The molecule has 0 aromatic carbocycles. The van der Waals surface area contributed by atoms with Crippen molar-refractivity contribution in [2.75, 3.05) is 26.2 Å². The summed E-state index contributed by atoms with van der Waals surface area (Å²) in [4.78, 5) is 17.3. The highest BCUT2D eigenvalue weighted by Gasteiger charge is 2.31. The molecule has 0 spiro atoms. The molecule has 3 unspecified atom stereocenters. The van der Waals surface area contributed by atoms with Crippen LogP contribution in [0.2, 0.25) is 0 Å². The summed E-state index contributed by atoms with van der Waals surface area (Å²) in [5.41, 5.74) is 0. The van der Waals surface area contributed by atoms with Crippen molar-refractivity contribution in [3.8, 4) is 0 Å². The predicted molar refractivity (Wildman–Crippen MR) is 82.8 cm³/mol. The fraction of sp³-hybridized carbons (Fsp3) is 0.938. The molecule has 20 heavy (non-hydrogen) atoms. The zero-order chi connectivity index (χ0) is 14.5. The van der Waals surface area contributed by atoms with E-state index in [0.717, 1.165) is 38.9 Å². The molecule has 0 aliphatic carbocycles. The van der Waals surface area contributed by atoms with Crippen LogP contribution in [-0.4, -0.2) is 60.0 Å². The number of nitrogens with one attached hydrogen (secondary N) is 1. The lowest BCUT2D eigenvalue weighted by Gasteiger charge is -2.40. The molecule has 0 saturated carbocycles. The molecule has 0 aromatic rings. The largest absolute Gasteiger partial charge is 0.336 e. The van der Waals surface area contributed by atoms with Crippen LogP contribution in [0.4, 0.5) is 0 Å². The highest BCUT2D eigenvalue weighted by Crippen LogP contribution is 2.23. The topological polar surface area (TPSA) is 35.6 Å². The number of hydrogen-bond acceptors (Lipinski definition) is 3. The average Bonchev–Trinajstić information content (AvgIpc) is 2.91. The van der Waals surface area contributed by atoms with Gasteiger partial charge in [0, 0.05) is 24.7 Å². The van der Waals surface area contributed by atoms with Crippen molar-refractivity contribution in [2.45, 2.75) is 71.0 Å². The lowest BCUT2D eigenvalue weighted by molar-refractivity contribution is -0.139. The van der Waals surface area contributed by atoms with Gasteiger partial charge in [0.2, 0.25) is 5.91 Å². The first kappa shape index (κ1) is 15.8. The molecule has 2 rings (SSSR count). The molecule has 1 N–H and O–H groups in total. The van der Waals surface area contributed by atoms with Crippen molar-refractivity contribution in [3.05, 3.63) is 0 Å². The number of hydrogen-bond donors (Lipinski definition) is 1. The van der Waals surface area contributed by atoms with Gasteiger partial charge in [0.25, 0.3) is 0 Å². The molecule has 0 radical (unpaired) electrons. The normalized spacial score (nSPS) is 31.0. The number of piperidine rings is 1. The molecule has 2 fully saturated rings. The first-order valence-corrected chi connectivity index (χ1v) is 8.39. The summed E-state index contributed by atoms with van der Waals surface area (Å²) in [6.45, 7) is 10.4. The Balaban J connectivity index is 1.95. The van der Waals surface area contributed by atoms with Gasteiger partial charge in [-0.05, 0) is 59.0 Å². The van der Waals surface area contributed by atoms with Crippen LogP contribution in [0.5, 0.6) is 0 Å². The van der Waals surface area contributed by atoms with E-state index < -0.39 is 0 Å². The standard InChI is InChI=1S/C16H31N3O/c1-4-10-18(15-8-9-17-11-15)12-16(20)19-13(2)6-5-7-14(19)3/h13-15,17H,4-12H2,1-3H3. The molecule has 2 heterocycles. The Morgan fingerprint density at radius 3 is 2.50 bits per heavy atom. The van der Waals surface area contributed by atoms with Crippen LogP contribution in [0.3, 0.4) is 0 Å². The van der Waals surface area contributed by atoms with Crippen LogP contribution >= 0.6 is 0 Å². The zero-order valence-corrected chi connectivity index (χ0v) is 13.4. The third-order valence-electron chi connectivity index (χ3n) is 4.88. The smallest absolute Gasteiger partial charge is 0.237 e. The molecular weight excluding hydrogens is 250 g/mol. The Bertz CT molecular complexity index is 305. The highest BCUT2D eigenvalue weighted by atomic mass is 16.2. The summed E-state index contributed by atoms with van der Waals surface area (Å²) in [6.07, 6.45) is 5.88. The number of amides is 1. The zero-order valence-electron chi connectivity index (χ0n) is 13.4. The second kappa shape index (κ2) is 7.41. The van der Waals surface area contributed by atoms with E-state index in [-0.39, 0.29) is 0 Å².